The van der Waals surface area contributed by atoms with E-state index in [1.807, 2.05) is 14.1 Å². The maximum Gasteiger partial charge on any atom is 0.269 e. The van der Waals surface area contributed by atoms with Crippen molar-refractivity contribution in [2.45, 2.75) is 19.4 Å². The molecule has 1 aromatic heterocycles. The highest BCUT2D eigenvalue weighted by Crippen LogP contribution is 2.18. The average Bonchev–Trinajstić information content (AvgIpc) is 2.94. The lowest BCUT2D eigenvalue weighted by Gasteiger charge is -2.25. The van der Waals surface area contributed by atoms with Gasteiger partial charge in [0.2, 0.25) is 0 Å². The van der Waals surface area contributed by atoms with E-state index in [9.17, 15) is 4.79 Å². The van der Waals surface area contributed by atoms with Gasteiger partial charge in [0.05, 0.1) is 6.04 Å². The van der Waals surface area contributed by atoms with Crippen LogP contribution >= 0.6 is 0 Å². The molecule has 0 saturated carbocycles. The van der Waals surface area contributed by atoms with Gasteiger partial charge in [0.25, 0.3) is 5.91 Å². The summed E-state index contributed by atoms with van der Waals surface area (Å²) in [5, 5.41) is 7.02. The van der Waals surface area contributed by atoms with E-state index < -0.39 is 0 Å². The number of hydrogen-bond acceptors (Lipinski definition) is 3. The van der Waals surface area contributed by atoms with Crippen molar-refractivity contribution in [1.82, 2.24) is 20.0 Å². The molecular formula is C17H24N4O. The van der Waals surface area contributed by atoms with Gasteiger partial charge >= 0.3 is 0 Å². The monoisotopic (exact) mass is 300 g/mol. The lowest BCUT2D eigenvalue weighted by Crippen LogP contribution is -2.35. The first-order valence-electron chi connectivity index (χ1n) is 7.54. The van der Waals surface area contributed by atoms with Crippen molar-refractivity contribution in [2.75, 3.05) is 20.6 Å². The maximum atomic E-state index is 12.2. The molecule has 0 aliphatic heterocycles. The normalized spacial score (nSPS) is 12.4. The van der Waals surface area contributed by atoms with E-state index in [0.717, 1.165) is 6.42 Å². The molecule has 5 nitrogen and oxygen atoms in total. The van der Waals surface area contributed by atoms with Crippen molar-refractivity contribution >= 4 is 5.91 Å². The highest BCUT2D eigenvalue weighted by Gasteiger charge is 2.17. The van der Waals surface area contributed by atoms with E-state index in [4.69, 9.17) is 0 Å². The van der Waals surface area contributed by atoms with Gasteiger partial charge in [-0.3, -0.25) is 9.48 Å². The summed E-state index contributed by atoms with van der Waals surface area (Å²) in [6, 6.07) is 10.4. The van der Waals surface area contributed by atoms with Gasteiger partial charge in [0.1, 0.15) is 5.69 Å². The summed E-state index contributed by atoms with van der Waals surface area (Å²) in [5.41, 5.74) is 3.09. The van der Waals surface area contributed by atoms with Gasteiger partial charge in [0.15, 0.2) is 0 Å². The Labute approximate surface area is 131 Å². The molecule has 5 heteroatoms. The summed E-state index contributed by atoms with van der Waals surface area (Å²) < 4.78 is 1.58. The molecule has 2 aromatic rings. The number of likely N-dealkylation sites (N-methyl/N-ethyl adjacent to an activating group) is 1. The van der Waals surface area contributed by atoms with Crippen molar-refractivity contribution in [3.8, 4) is 0 Å². The molecule has 1 atom stereocenters. The zero-order chi connectivity index (χ0) is 16.1. The van der Waals surface area contributed by atoms with Gasteiger partial charge in [-0.05, 0) is 37.7 Å². The molecule has 22 heavy (non-hydrogen) atoms. The van der Waals surface area contributed by atoms with Gasteiger partial charge in [-0.2, -0.15) is 5.10 Å². The summed E-state index contributed by atoms with van der Waals surface area (Å²) in [5.74, 6) is -0.1000. The highest BCUT2D eigenvalue weighted by molar-refractivity contribution is 5.92. The molecule has 1 N–H and O–H groups in total. The Morgan fingerprint density at radius 1 is 1.27 bits per heavy atom. The number of carbonyl (C=O) groups excluding carboxylic acids is 1. The van der Waals surface area contributed by atoms with Gasteiger partial charge in [-0.1, -0.05) is 31.2 Å². The van der Waals surface area contributed by atoms with E-state index in [2.05, 4.69) is 46.5 Å². The van der Waals surface area contributed by atoms with Crippen LogP contribution in [-0.2, 0) is 13.5 Å². The lowest BCUT2D eigenvalue weighted by molar-refractivity contribution is 0.0932. The number of nitrogens with zero attached hydrogens (tertiary/aromatic N) is 3. The van der Waals surface area contributed by atoms with Crippen LogP contribution in [0.25, 0.3) is 0 Å². The number of rotatable bonds is 6. The molecule has 0 fully saturated rings. The van der Waals surface area contributed by atoms with Gasteiger partial charge < -0.3 is 10.2 Å². The molecule has 0 aliphatic carbocycles. The number of nitrogens with one attached hydrogen (secondary N) is 1. The van der Waals surface area contributed by atoms with Gasteiger partial charge in [-0.15, -0.1) is 0 Å². The predicted octanol–water partition coefficient (Wildman–Crippen LogP) is 2.02. The van der Waals surface area contributed by atoms with Crippen molar-refractivity contribution < 1.29 is 4.79 Å². The quantitative estimate of drug-likeness (QED) is 0.888. The van der Waals surface area contributed by atoms with Crippen LogP contribution in [0, 0.1) is 0 Å². The Morgan fingerprint density at radius 2 is 1.95 bits per heavy atom. The zero-order valence-corrected chi connectivity index (χ0v) is 13.7. The molecule has 1 aromatic carbocycles. The highest BCUT2D eigenvalue weighted by atomic mass is 16.2. The fourth-order valence-electron chi connectivity index (χ4n) is 2.45. The number of benzene rings is 1. The van der Waals surface area contributed by atoms with Crippen LogP contribution < -0.4 is 5.32 Å². The summed E-state index contributed by atoms with van der Waals surface area (Å²) in [4.78, 5) is 14.3. The van der Waals surface area contributed by atoms with Gasteiger partial charge in [-0.25, -0.2) is 0 Å². The number of hydrogen-bond donors (Lipinski definition) is 1. The van der Waals surface area contributed by atoms with Crippen LogP contribution in [0.1, 0.15) is 34.6 Å². The fraction of sp³-hybridized carbons (Fsp3) is 0.412. The SMILES string of the molecule is CCc1ccc([C@H](CNC(=O)c2ccnn2C)N(C)C)cc1. The largest absolute Gasteiger partial charge is 0.349 e. The first kappa shape index (κ1) is 16.2. The van der Waals surface area contributed by atoms with E-state index in [1.54, 1.807) is 24.0 Å². The van der Waals surface area contributed by atoms with Crippen LogP contribution in [0.3, 0.4) is 0 Å². The van der Waals surface area contributed by atoms with Crippen molar-refractivity contribution in [3.05, 3.63) is 53.3 Å². The Morgan fingerprint density at radius 3 is 2.45 bits per heavy atom. The molecule has 0 bridgehead atoms. The molecule has 1 amide bonds. The third-order valence-electron chi connectivity index (χ3n) is 3.91. The molecule has 1 heterocycles. The fourth-order valence-corrected chi connectivity index (χ4v) is 2.45. The molecular weight excluding hydrogens is 276 g/mol. The second kappa shape index (κ2) is 7.22. The van der Waals surface area contributed by atoms with E-state index in [-0.39, 0.29) is 11.9 Å². The summed E-state index contributed by atoms with van der Waals surface area (Å²) in [7, 11) is 5.81. The topological polar surface area (TPSA) is 50.2 Å². The number of amides is 1. The Hall–Kier alpha value is -2.14. The van der Waals surface area contributed by atoms with E-state index >= 15 is 0 Å². The minimum absolute atomic E-state index is 0.1000. The van der Waals surface area contributed by atoms with Crippen LogP contribution in [0.5, 0.6) is 0 Å². The predicted molar refractivity (Wildman–Crippen MR) is 87.8 cm³/mol. The van der Waals surface area contributed by atoms with Crippen LogP contribution in [0.15, 0.2) is 36.5 Å². The van der Waals surface area contributed by atoms with E-state index in [1.165, 1.54) is 11.1 Å². The molecule has 0 radical (unpaired) electrons. The Balaban J connectivity index is 2.05. The number of carbonyl (C=O) groups is 1. The van der Waals surface area contributed by atoms with Crippen molar-refractivity contribution in [1.29, 1.82) is 0 Å². The molecule has 0 aliphatic rings. The Kier molecular flexibility index (Phi) is 5.33. The maximum absolute atomic E-state index is 12.2. The van der Waals surface area contributed by atoms with Crippen molar-refractivity contribution in [3.63, 3.8) is 0 Å². The molecule has 0 saturated heterocycles. The van der Waals surface area contributed by atoms with Crippen LogP contribution in [0.4, 0.5) is 0 Å². The lowest BCUT2D eigenvalue weighted by atomic mass is 10.0. The Bertz CT molecular complexity index is 616. The molecule has 0 spiro atoms. The van der Waals surface area contributed by atoms with E-state index in [0.29, 0.717) is 12.2 Å². The molecule has 0 unspecified atom stereocenters. The van der Waals surface area contributed by atoms with Crippen molar-refractivity contribution in [2.24, 2.45) is 7.05 Å². The van der Waals surface area contributed by atoms with Crippen LogP contribution in [-0.4, -0.2) is 41.2 Å². The van der Waals surface area contributed by atoms with Gasteiger partial charge in [0, 0.05) is 19.8 Å². The second-order valence-corrected chi connectivity index (χ2v) is 5.62. The minimum atomic E-state index is -0.1000. The first-order chi connectivity index (χ1) is 10.5. The van der Waals surface area contributed by atoms with Crippen LogP contribution in [0.2, 0.25) is 0 Å². The zero-order valence-electron chi connectivity index (χ0n) is 13.7. The number of aromatic nitrogens is 2. The first-order valence-corrected chi connectivity index (χ1v) is 7.54. The summed E-state index contributed by atoms with van der Waals surface area (Å²) in [6.45, 7) is 2.70. The number of aryl methyl sites for hydroxylation is 2. The average molecular weight is 300 g/mol. The standard InChI is InChI=1S/C17H24N4O/c1-5-13-6-8-14(9-7-13)16(20(2)3)12-18-17(22)15-10-11-19-21(15)4/h6-11,16H,5,12H2,1-4H3,(H,18,22)/t16-/m0/s1. The minimum Gasteiger partial charge on any atom is -0.349 e. The second-order valence-electron chi connectivity index (χ2n) is 5.62. The third kappa shape index (κ3) is 3.74. The molecule has 2 rings (SSSR count). The third-order valence-corrected chi connectivity index (χ3v) is 3.91. The summed E-state index contributed by atoms with van der Waals surface area (Å²) in [6.07, 6.45) is 2.66. The molecule has 118 valence electrons. The smallest absolute Gasteiger partial charge is 0.269 e. The summed E-state index contributed by atoms with van der Waals surface area (Å²) >= 11 is 0.